The maximum Gasteiger partial charge on any atom is 0.176 e. The molecule has 1 aromatic carbocycles. The number of aliphatic hydroxyl groups excluding tert-OH is 1. The van der Waals surface area contributed by atoms with Crippen LogP contribution in [0.4, 0.5) is 17.6 Å². The Kier molecular flexibility index (Phi) is 3.72. The minimum absolute atomic E-state index is 0.487. The molecule has 1 nitrogen and oxygen atoms in total. The smallest absolute Gasteiger partial charge is 0.176 e. The molecule has 0 aliphatic carbocycles. The topological polar surface area (TPSA) is 20.2 Å². The van der Waals surface area contributed by atoms with Crippen LogP contribution in [-0.4, -0.2) is 11.2 Å². The fraction of sp³-hybridized carbons (Fsp3) is 0.333. The van der Waals surface area contributed by atoms with Crippen molar-refractivity contribution in [2.75, 3.05) is 0 Å². The maximum atomic E-state index is 13.1. The Morgan fingerprint density at radius 2 is 1.47 bits per heavy atom. The molecule has 0 spiro atoms. The number of hydrogen-bond donors (Lipinski definition) is 1. The van der Waals surface area contributed by atoms with Crippen LogP contribution in [0.25, 0.3) is 0 Å². The second kappa shape index (κ2) is 4.49. The summed E-state index contributed by atoms with van der Waals surface area (Å²) >= 11 is 2.39. The Hall–Kier alpha value is -0.620. The van der Waals surface area contributed by atoms with Gasteiger partial charge in [0.05, 0.1) is 10.6 Å². The van der Waals surface area contributed by atoms with Gasteiger partial charge in [0.1, 0.15) is 0 Å². The van der Waals surface area contributed by atoms with Crippen LogP contribution in [0.3, 0.4) is 0 Å². The predicted molar refractivity (Wildman–Crippen MR) is 49.4 cm³/mol. The van der Waals surface area contributed by atoms with Gasteiger partial charge in [-0.15, -0.1) is 0 Å². The zero-order valence-corrected chi connectivity index (χ0v) is 9.21. The van der Waals surface area contributed by atoms with Crippen LogP contribution in [0.2, 0.25) is 0 Å². The molecule has 0 saturated carbocycles. The van der Waals surface area contributed by atoms with E-state index in [2.05, 4.69) is 15.9 Å². The average Bonchev–Trinajstić information content (AvgIpc) is 2.18. The summed E-state index contributed by atoms with van der Waals surface area (Å²) in [5, 5.41) is 8.92. The van der Waals surface area contributed by atoms with E-state index in [0.29, 0.717) is 0 Å². The van der Waals surface area contributed by atoms with Crippen molar-refractivity contribution in [1.29, 1.82) is 0 Å². The van der Waals surface area contributed by atoms with Gasteiger partial charge < -0.3 is 5.11 Å². The second-order valence-corrected chi connectivity index (χ2v) is 3.89. The van der Waals surface area contributed by atoms with Gasteiger partial charge in [-0.05, 0) is 22.9 Å². The van der Waals surface area contributed by atoms with Gasteiger partial charge in [-0.25, -0.2) is 17.6 Å². The first-order valence-corrected chi connectivity index (χ1v) is 4.84. The molecule has 0 aliphatic heterocycles. The Labute approximate surface area is 91.9 Å². The summed E-state index contributed by atoms with van der Waals surface area (Å²) in [6, 6.07) is 0. The molecule has 0 saturated heterocycles. The average molecular weight is 287 g/mol. The third-order valence-electron chi connectivity index (χ3n) is 1.80. The molecule has 0 radical (unpaired) electrons. The molecule has 1 aromatic rings. The highest BCUT2D eigenvalue weighted by Crippen LogP contribution is 2.28. The molecule has 0 amide bonds. The van der Waals surface area contributed by atoms with Gasteiger partial charge in [0.25, 0.3) is 0 Å². The molecular formula is C9H7BrF4O. The largest absolute Gasteiger partial charge is 0.393 e. The molecule has 15 heavy (non-hydrogen) atoms. The predicted octanol–water partition coefficient (Wildman–Crippen LogP) is 2.93. The Balaban J connectivity index is 3.39. The van der Waals surface area contributed by atoms with E-state index >= 15 is 0 Å². The van der Waals surface area contributed by atoms with Crippen LogP contribution in [0.1, 0.15) is 12.5 Å². The summed E-state index contributed by atoms with van der Waals surface area (Å²) in [6.07, 6.45) is -1.58. The van der Waals surface area contributed by atoms with E-state index in [1.807, 2.05) is 0 Å². The van der Waals surface area contributed by atoms with Gasteiger partial charge in [-0.3, -0.25) is 0 Å². The summed E-state index contributed by atoms with van der Waals surface area (Å²) in [5.74, 6) is -5.96. The normalized spacial score (nSPS) is 13.0. The van der Waals surface area contributed by atoms with Gasteiger partial charge in [0.2, 0.25) is 0 Å². The van der Waals surface area contributed by atoms with Crippen LogP contribution in [0.5, 0.6) is 0 Å². The molecule has 0 aromatic heterocycles. The van der Waals surface area contributed by atoms with Crippen molar-refractivity contribution in [3.8, 4) is 0 Å². The first-order valence-electron chi connectivity index (χ1n) is 4.04. The fourth-order valence-electron chi connectivity index (χ4n) is 1.12. The lowest BCUT2D eigenvalue weighted by Gasteiger charge is -2.10. The molecule has 0 aliphatic rings. The lowest BCUT2D eigenvalue weighted by Crippen LogP contribution is -2.11. The molecule has 1 unspecified atom stereocenters. The van der Waals surface area contributed by atoms with Crippen molar-refractivity contribution in [3.63, 3.8) is 0 Å². The summed E-state index contributed by atoms with van der Waals surface area (Å²) < 4.78 is 51.3. The summed E-state index contributed by atoms with van der Waals surface area (Å²) in [7, 11) is 0. The highest BCUT2D eigenvalue weighted by Gasteiger charge is 2.24. The summed E-state index contributed by atoms with van der Waals surface area (Å²) in [4.78, 5) is 0. The molecule has 1 atom stereocenters. The Bertz CT molecular complexity index is 363. The maximum absolute atomic E-state index is 13.1. The standard InChI is InChI=1S/C9H7BrF4O/c1-3(15)2-4-6(11)8(13)5(10)9(14)7(4)12/h3,15H,2H2,1H3. The number of aliphatic hydroxyl groups is 1. The van der Waals surface area contributed by atoms with E-state index in [0.717, 1.165) is 0 Å². The third-order valence-corrected chi connectivity index (χ3v) is 2.50. The first kappa shape index (κ1) is 12.4. The summed E-state index contributed by atoms with van der Waals surface area (Å²) in [5.41, 5.74) is -0.789. The zero-order chi connectivity index (χ0) is 11.7. The molecular weight excluding hydrogens is 280 g/mol. The number of rotatable bonds is 2. The molecule has 1 rings (SSSR count). The van der Waals surface area contributed by atoms with Crippen LogP contribution >= 0.6 is 15.9 Å². The highest BCUT2D eigenvalue weighted by molar-refractivity contribution is 9.10. The molecule has 0 fully saturated rings. The number of hydrogen-bond acceptors (Lipinski definition) is 1. The first-order chi connectivity index (χ1) is 6.86. The van der Waals surface area contributed by atoms with E-state index < -0.39 is 45.8 Å². The molecule has 0 bridgehead atoms. The van der Waals surface area contributed by atoms with E-state index in [1.54, 1.807) is 0 Å². The van der Waals surface area contributed by atoms with Crippen molar-refractivity contribution >= 4 is 15.9 Å². The van der Waals surface area contributed by atoms with Crippen molar-refractivity contribution < 1.29 is 22.7 Å². The lowest BCUT2D eigenvalue weighted by atomic mass is 10.1. The van der Waals surface area contributed by atoms with Crippen LogP contribution in [0.15, 0.2) is 4.47 Å². The molecule has 6 heteroatoms. The lowest BCUT2D eigenvalue weighted by molar-refractivity contribution is 0.191. The van der Waals surface area contributed by atoms with E-state index in [-0.39, 0.29) is 0 Å². The van der Waals surface area contributed by atoms with Crippen LogP contribution in [0, 0.1) is 23.3 Å². The quantitative estimate of drug-likeness (QED) is 0.504. The fourth-order valence-corrected chi connectivity index (χ4v) is 1.47. The van der Waals surface area contributed by atoms with E-state index in [4.69, 9.17) is 5.11 Å². The minimum atomic E-state index is -1.50. The van der Waals surface area contributed by atoms with Gasteiger partial charge in [-0.1, -0.05) is 0 Å². The summed E-state index contributed by atoms with van der Waals surface area (Å²) in [6.45, 7) is 1.26. The van der Waals surface area contributed by atoms with E-state index in [9.17, 15) is 17.6 Å². The Morgan fingerprint density at radius 1 is 1.07 bits per heavy atom. The minimum Gasteiger partial charge on any atom is -0.393 e. The Morgan fingerprint density at radius 3 is 1.80 bits per heavy atom. The van der Waals surface area contributed by atoms with Crippen molar-refractivity contribution in [1.82, 2.24) is 0 Å². The van der Waals surface area contributed by atoms with E-state index in [1.165, 1.54) is 6.92 Å². The molecule has 1 N–H and O–H groups in total. The second-order valence-electron chi connectivity index (χ2n) is 3.10. The third kappa shape index (κ3) is 2.31. The van der Waals surface area contributed by atoms with Crippen LogP contribution in [-0.2, 0) is 6.42 Å². The van der Waals surface area contributed by atoms with Gasteiger partial charge in [-0.2, -0.15) is 0 Å². The zero-order valence-electron chi connectivity index (χ0n) is 7.62. The van der Waals surface area contributed by atoms with Crippen LogP contribution < -0.4 is 0 Å². The van der Waals surface area contributed by atoms with Gasteiger partial charge >= 0.3 is 0 Å². The molecule has 0 heterocycles. The number of halogens is 5. The van der Waals surface area contributed by atoms with Crippen molar-refractivity contribution in [2.24, 2.45) is 0 Å². The molecule has 84 valence electrons. The highest BCUT2D eigenvalue weighted by atomic mass is 79.9. The van der Waals surface area contributed by atoms with Crippen molar-refractivity contribution in [3.05, 3.63) is 33.3 Å². The number of benzene rings is 1. The monoisotopic (exact) mass is 286 g/mol. The SMILES string of the molecule is CC(O)Cc1c(F)c(F)c(Br)c(F)c1F. The van der Waals surface area contributed by atoms with Gasteiger partial charge in [0, 0.05) is 12.0 Å². The van der Waals surface area contributed by atoms with Crippen molar-refractivity contribution in [2.45, 2.75) is 19.4 Å². The van der Waals surface area contributed by atoms with Gasteiger partial charge in [0.15, 0.2) is 23.3 Å².